The molecule has 0 aromatic heterocycles. The second kappa shape index (κ2) is 5.59. The number of likely N-dealkylation sites (tertiary alicyclic amines) is 1. The third-order valence-electron chi connectivity index (χ3n) is 3.11. The maximum Gasteiger partial charge on any atom is 0.233 e. The molecule has 1 amide bonds. The lowest BCUT2D eigenvalue weighted by Crippen LogP contribution is -2.46. The molecule has 0 aromatic carbocycles. The third-order valence-corrected chi connectivity index (χ3v) is 3.36. The van der Waals surface area contributed by atoms with Crippen LogP contribution in [0.25, 0.3) is 0 Å². The van der Waals surface area contributed by atoms with Crippen LogP contribution in [0.2, 0.25) is 0 Å². The first-order valence-electron chi connectivity index (χ1n) is 5.69. The van der Waals surface area contributed by atoms with E-state index in [1.54, 1.807) is 4.90 Å². The van der Waals surface area contributed by atoms with Crippen LogP contribution in [-0.2, 0) is 4.79 Å². The van der Waals surface area contributed by atoms with Gasteiger partial charge in [-0.15, -0.1) is 0 Å². The molecule has 4 nitrogen and oxygen atoms in total. The molecule has 1 aliphatic heterocycles. The molecule has 0 aromatic rings. The Labute approximate surface area is 102 Å². The number of hydrogen-bond acceptors (Lipinski definition) is 3. The minimum Gasteiger partial charge on any atom is -0.394 e. The van der Waals surface area contributed by atoms with Crippen LogP contribution in [0.5, 0.6) is 0 Å². The van der Waals surface area contributed by atoms with Crippen molar-refractivity contribution in [2.45, 2.75) is 32.7 Å². The largest absolute Gasteiger partial charge is 0.394 e. The maximum atomic E-state index is 12.2. The highest BCUT2D eigenvalue weighted by Crippen LogP contribution is 2.22. The van der Waals surface area contributed by atoms with Gasteiger partial charge in [-0.05, 0) is 18.8 Å². The number of carbonyl (C=O) groups excluding carboxylic acids is 1. The van der Waals surface area contributed by atoms with Gasteiger partial charge in [0.05, 0.1) is 23.6 Å². The van der Waals surface area contributed by atoms with Gasteiger partial charge in [0.25, 0.3) is 0 Å². The summed E-state index contributed by atoms with van der Waals surface area (Å²) in [7, 11) is 0. The molecule has 2 unspecified atom stereocenters. The van der Waals surface area contributed by atoms with E-state index in [0.29, 0.717) is 6.54 Å². The van der Waals surface area contributed by atoms with Crippen LogP contribution in [0, 0.1) is 11.8 Å². The van der Waals surface area contributed by atoms with E-state index in [1.807, 2.05) is 13.8 Å². The van der Waals surface area contributed by atoms with E-state index in [-0.39, 0.29) is 29.5 Å². The van der Waals surface area contributed by atoms with Crippen molar-refractivity contribution < 1.29 is 9.90 Å². The highest BCUT2D eigenvalue weighted by atomic mass is 32.1. The number of rotatable bonds is 4. The average Bonchev–Trinajstić information content (AvgIpc) is 2.63. The molecule has 2 atom stereocenters. The summed E-state index contributed by atoms with van der Waals surface area (Å²) in [5.74, 6) is -0.328. The van der Waals surface area contributed by atoms with Gasteiger partial charge in [0, 0.05) is 6.54 Å². The van der Waals surface area contributed by atoms with E-state index < -0.39 is 5.92 Å². The number of thiocarbonyl (C=S) groups is 1. The van der Waals surface area contributed by atoms with E-state index in [4.69, 9.17) is 18.0 Å². The van der Waals surface area contributed by atoms with Gasteiger partial charge in [-0.2, -0.15) is 0 Å². The summed E-state index contributed by atoms with van der Waals surface area (Å²) < 4.78 is 0. The molecule has 92 valence electrons. The van der Waals surface area contributed by atoms with E-state index in [0.717, 1.165) is 12.8 Å². The number of aliphatic hydroxyl groups excluding tert-OH is 1. The van der Waals surface area contributed by atoms with Crippen molar-refractivity contribution >= 4 is 23.1 Å². The summed E-state index contributed by atoms with van der Waals surface area (Å²) in [6.45, 7) is 4.60. The summed E-state index contributed by atoms with van der Waals surface area (Å²) in [5, 5.41) is 9.19. The Balaban J connectivity index is 2.78. The summed E-state index contributed by atoms with van der Waals surface area (Å²) >= 11 is 4.95. The standard InChI is InChI=1S/C11H20N2O2S/c1-7(2)9(10(12)16)11(15)13-5-3-4-8(13)6-14/h7-9,14H,3-6H2,1-2H3,(H2,12,16). The fourth-order valence-electron chi connectivity index (χ4n) is 2.23. The number of amides is 1. The number of nitrogens with zero attached hydrogens (tertiary/aromatic N) is 1. The highest BCUT2D eigenvalue weighted by molar-refractivity contribution is 7.80. The number of hydrogen-bond donors (Lipinski definition) is 2. The van der Waals surface area contributed by atoms with Gasteiger partial charge in [0.2, 0.25) is 5.91 Å². The molecule has 3 N–H and O–H groups in total. The minimum absolute atomic E-state index is 0.0217. The van der Waals surface area contributed by atoms with Gasteiger partial charge >= 0.3 is 0 Å². The zero-order valence-electron chi connectivity index (χ0n) is 9.85. The van der Waals surface area contributed by atoms with Gasteiger partial charge in [-0.3, -0.25) is 4.79 Å². The second-order valence-electron chi connectivity index (χ2n) is 4.63. The smallest absolute Gasteiger partial charge is 0.233 e. The predicted molar refractivity (Wildman–Crippen MR) is 66.9 cm³/mol. The van der Waals surface area contributed by atoms with Crippen molar-refractivity contribution in [1.82, 2.24) is 4.90 Å². The normalized spacial score (nSPS) is 22.5. The average molecular weight is 244 g/mol. The highest BCUT2D eigenvalue weighted by Gasteiger charge is 2.35. The number of carbonyl (C=O) groups is 1. The van der Waals surface area contributed by atoms with E-state index in [1.165, 1.54) is 0 Å². The summed E-state index contributed by atoms with van der Waals surface area (Å²) in [6, 6.07) is -0.0527. The Morgan fingerprint density at radius 1 is 1.62 bits per heavy atom. The molecule has 1 aliphatic rings. The van der Waals surface area contributed by atoms with Gasteiger partial charge < -0.3 is 15.7 Å². The van der Waals surface area contributed by atoms with Crippen molar-refractivity contribution in [3.63, 3.8) is 0 Å². The van der Waals surface area contributed by atoms with Gasteiger partial charge in [-0.1, -0.05) is 26.1 Å². The molecule has 1 heterocycles. The molecule has 5 heteroatoms. The lowest BCUT2D eigenvalue weighted by atomic mass is 9.94. The molecular weight excluding hydrogens is 224 g/mol. The Kier molecular flexibility index (Phi) is 4.68. The molecule has 0 aliphatic carbocycles. The lowest BCUT2D eigenvalue weighted by Gasteiger charge is -2.29. The fraction of sp³-hybridized carbons (Fsp3) is 0.818. The zero-order valence-corrected chi connectivity index (χ0v) is 10.7. The SMILES string of the molecule is CC(C)C(C(=O)N1CCCC1CO)C(N)=S. The van der Waals surface area contributed by atoms with Crippen LogP contribution in [0.1, 0.15) is 26.7 Å². The summed E-state index contributed by atoms with van der Waals surface area (Å²) in [5.41, 5.74) is 5.61. The van der Waals surface area contributed by atoms with E-state index >= 15 is 0 Å². The first-order valence-corrected chi connectivity index (χ1v) is 6.10. The molecule has 0 spiro atoms. The number of nitrogens with two attached hydrogens (primary N) is 1. The third kappa shape index (κ3) is 2.71. The van der Waals surface area contributed by atoms with Crippen LogP contribution in [0.15, 0.2) is 0 Å². The second-order valence-corrected chi connectivity index (χ2v) is 5.11. The van der Waals surface area contributed by atoms with Crippen molar-refractivity contribution in [2.75, 3.05) is 13.2 Å². The molecule has 1 rings (SSSR count). The van der Waals surface area contributed by atoms with Crippen LogP contribution in [0.3, 0.4) is 0 Å². The monoisotopic (exact) mass is 244 g/mol. The van der Waals surface area contributed by atoms with Crippen LogP contribution in [0.4, 0.5) is 0 Å². The molecule has 1 saturated heterocycles. The first kappa shape index (κ1) is 13.4. The van der Waals surface area contributed by atoms with Crippen LogP contribution < -0.4 is 5.73 Å². The minimum atomic E-state index is -0.401. The molecule has 0 radical (unpaired) electrons. The quantitative estimate of drug-likeness (QED) is 0.708. The number of aliphatic hydroxyl groups is 1. The Morgan fingerprint density at radius 2 is 2.25 bits per heavy atom. The van der Waals surface area contributed by atoms with Crippen LogP contribution in [-0.4, -0.2) is 40.1 Å². The fourth-order valence-corrected chi connectivity index (χ4v) is 2.60. The molecule has 16 heavy (non-hydrogen) atoms. The maximum absolute atomic E-state index is 12.2. The van der Waals surface area contributed by atoms with E-state index in [9.17, 15) is 9.90 Å². The molecular formula is C11H20N2O2S. The molecule has 0 bridgehead atoms. The van der Waals surface area contributed by atoms with E-state index in [2.05, 4.69) is 0 Å². The summed E-state index contributed by atoms with van der Waals surface area (Å²) in [6.07, 6.45) is 1.81. The van der Waals surface area contributed by atoms with Crippen molar-refractivity contribution in [2.24, 2.45) is 17.6 Å². The first-order chi connectivity index (χ1) is 7.49. The Morgan fingerprint density at radius 3 is 2.69 bits per heavy atom. The van der Waals surface area contributed by atoms with Gasteiger partial charge in [0.1, 0.15) is 0 Å². The van der Waals surface area contributed by atoms with Gasteiger partial charge in [0.15, 0.2) is 0 Å². The van der Waals surface area contributed by atoms with Crippen molar-refractivity contribution in [1.29, 1.82) is 0 Å². The Bertz CT molecular complexity index is 281. The lowest BCUT2D eigenvalue weighted by molar-refractivity contribution is -0.135. The van der Waals surface area contributed by atoms with Crippen molar-refractivity contribution in [3.05, 3.63) is 0 Å². The van der Waals surface area contributed by atoms with Gasteiger partial charge in [-0.25, -0.2) is 0 Å². The molecule has 0 saturated carbocycles. The van der Waals surface area contributed by atoms with Crippen molar-refractivity contribution in [3.8, 4) is 0 Å². The topological polar surface area (TPSA) is 66.6 Å². The zero-order chi connectivity index (χ0) is 12.3. The van der Waals surface area contributed by atoms with Crippen LogP contribution >= 0.6 is 12.2 Å². The Hall–Kier alpha value is -0.680. The molecule has 1 fully saturated rings. The predicted octanol–water partition coefficient (Wildman–Crippen LogP) is 0.528. The summed E-state index contributed by atoms with van der Waals surface area (Å²) in [4.78, 5) is 14.2.